The molecule has 22 heavy (non-hydrogen) atoms. The Morgan fingerprint density at radius 3 is 2.50 bits per heavy atom. The fourth-order valence-electron chi connectivity index (χ4n) is 2.38. The second kappa shape index (κ2) is 6.02. The zero-order valence-corrected chi connectivity index (χ0v) is 13.8. The molecule has 4 nitrogen and oxygen atoms in total. The van der Waals surface area contributed by atoms with Crippen molar-refractivity contribution in [1.82, 2.24) is 0 Å². The lowest BCUT2D eigenvalue weighted by atomic mass is 10.1. The van der Waals surface area contributed by atoms with E-state index in [2.05, 4.69) is 15.9 Å². The van der Waals surface area contributed by atoms with Crippen LogP contribution in [0.4, 0.5) is 0 Å². The number of halogens is 1. The maximum absolute atomic E-state index is 10.4. The summed E-state index contributed by atoms with van der Waals surface area (Å²) in [6, 6.07) is 11.1. The molecule has 0 radical (unpaired) electrons. The molecule has 0 saturated carbocycles. The minimum Gasteiger partial charge on any atom is -0.493 e. The van der Waals surface area contributed by atoms with E-state index in [1.807, 2.05) is 36.4 Å². The van der Waals surface area contributed by atoms with E-state index in [0.717, 1.165) is 15.6 Å². The Balaban J connectivity index is 2.00. The largest absolute Gasteiger partial charge is 0.493 e. The summed E-state index contributed by atoms with van der Waals surface area (Å²) in [7, 11) is 3.17. The normalized spacial score (nSPS) is 18.0. The SMILES string of the molecule is COc1cc(Br)c(/C=C2\Oc3ccccc3C2O)cc1OC. The molecule has 1 heterocycles. The van der Waals surface area contributed by atoms with E-state index < -0.39 is 6.10 Å². The summed E-state index contributed by atoms with van der Waals surface area (Å²) >= 11 is 3.50. The number of aliphatic hydroxyl groups is 1. The summed E-state index contributed by atoms with van der Waals surface area (Å²) in [6.45, 7) is 0. The number of benzene rings is 2. The number of ether oxygens (including phenoxy) is 3. The van der Waals surface area contributed by atoms with Crippen LogP contribution in [0, 0.1) is 0 Å². The van der Waals surface area contributed by atoms with E-state index in [4.69, 9.17) is 14.2 Å². The summed E-state index contributed by atoms with van der Waals surface area (Å²) in [6.07, 6.45) is 1.02. The van der Waals surface area contributed by atoms with Crippen molar-refractivity contribution < 1.29 is 19.3 Å². The molecule has 0 fully saturated rings. The van der Waals surface area contributed by atoms with Gasteiger partial charge in [-0.2, -0.15) is 0 Å². The third kappa shape index (κ3) is 2.58. The number of aliphatic hydroxyl groups excluding tert-OH is 1. The molecular weight excluding hydrogens is 348 g/mol. The number of hydrogen-bond acceptors (Lipinski definition) is 4. The smallest absolute Gasteiger partial charge is 0.161 e. The Morgan fingerprint density at radius 2 is 1.82 bits per heavy atom. The van der Waals surface area contributed by atoms with Crippen LogP contribution in [-0.2, 0) is 0 Å². The highest BCUT2D eigenvalue weighted by molar-refractivity contribution is 9.10. The number of hydrogen-bond donors (Lipinski definition) is 1. The summed E-state index contributed by atoms with van der Waals surface area (Å²) in [4.78, 5) is 0. The molecule has 114 valence electrons. The minimum absolute atomic E-state index is 0.481. The number of rotatable bonds is 3. The highest BCUT2D eigenvalue weighted by Gasteiger charge is 2.27. The van der Waals surface area contributed by atoms with Crippen LogP contribution in [0.25, 0.3) is 6.08 Å². The molecule has 0 aromatic heterocycles. The van der Waals surface area contributed by atoms with Crippen molar-refractivity contribution in [1.29, 1.82) is 0 Å². The van der Waals surface area contributed by atoms with Gasteiger partial charge in [-0.25, -0.2) is 0 Å². The second-order valence-corrected chi connectivity index (χ2v) is 5.67. The van der Waals surface area contributed by atoms with Gasteiger partial charge in [0.25, 0.3) is 0 Å². The molecule has 0 saturated heterocycles. The molecule has 0 spiro atoms. The van der Waals surface area contributed by atoms with Gasteiger partial charge in [0.1, 0.15) is 17.6 Å². The maximum atomic E-state index is 10.4. The molecule has 5 heteroatoms. The summed E-state index contributed by atoms with van der Waals surface area (Å²) in [5.41, 5.74) is 1.60. The van der Waals surface area contributed by atoms with Gasteiger partial charge in [-0.05, 0) is 29.8 Å². The molecule has 0 amide bonds. The molecule has 0 aliphatic carbocycles. The lowest BCUT2D eigenvalue weighted by Crippen LogP contribution is -1.98. The number of fused-ring (bicyclic) bond motifs is 1. The van der Waals surface area contributed by atoms with Crippen molar-refractivity contribution in [3.8, 4) is 17.2 Å². The average molecular weight is 363 g/mol. The van der Waals surface area contributed by atoms with Gasteiger partial charge in [0.2, 0.25) is 0 Å². The van der Waals surface area contributed by atoms with Crippen LogP contribution in [0.15, 0.2) is 46.6 Å². The third-order valence-corrected chi connectivity index (χ3v) is 4.20. The molecule has 2 aromatic carbocycles. The Bertz CT molecular complexity index is 739. The summed E-state index contributed by atoms with van der Waals surface area (Å²) in [5, 5.41) is 10.4. The first-order valence-electron chi connectivity index (χ1n) is 6.72. The number of para-hydroxylation sites is 1. The van der Waals surface area contributed by atoms with Gasteiger partial charge in [0.15, 0.2) is 11.5 Å². The quantitative estimate of drug-likeness (QED) is 0.898. The Kier molecular flexibility index (Phi) is 4.09. The second-order valence-electron chi connectivity index (χ2n) is 4.82. The first kappa shape index (κ1) is 14.9. The van der Waals surface area contributed by atoms with Crippen molar-refractivity contribution in [3.63, 3.8) is 0 Å². The highest BCUT2D eigenvalue weighted by atomic mass is 79.9. The lowest BCUT2D eigenvalue weighted by molar-refractivity contribution is 0.193. The molecule has 3 rings (SSSR count). The Labute approximate surface area is 137 Å². The van der Waals surface area contributed by atoms with Gasteiger partial charge in [-0.3, -0.25) is 0 Å². The van der Waals surface area contributed by atoms with Gasteiger partial charge >= 0.3 is 0 Å². The maximum Gasteiger partial charge on any atom is 0.161 e. The van der Waals surface area contributed by atoms with Crippen LogP contribution in [0.1, 0.15) is 17.2 Å². The molecule has 1 unspecified atom stereocenters. The molecule has 1 aliphatic rings. The van der Waals surface area contributed by atoms with Crippen molar-refractivity contribution in [2.24, 2.45) is 0 Å². The summed E-state index contributed by atoms with van der Waals surface area (Å²) < 4.78 is 17.1. The standard InChI is InChI=1S/C17H15BrO4/c1-20-14-7-10(12(18)9-15(14)21-2)8-16-17(19)11-5-3-4-6-13(11)22-16/h3-9,17,19H,1-2H3/b16-8-. The molecule has 1 atom stereocenters. The van der Waals surface area contributed by atoms with Gasteiger partial charge in [0.05, 0.1) is 14.2 Å². The molecule has 2 aromatic rings. The Hall–Kier alpha value is -1.98. The van der Waals surface area contributed by atoms with Crippen LogP contribution in [0.5, 0.6) is 17.2 Å². The lowest BCUT2D eigenvalue weighted by Gasteiger charge is -2.11. The predicted molar refractivity (Wildman–Crippen MR) is 87.3 cm³/mol. The topological polar surface area (TPSA) is 47.9 Å². The molecular formula is C17H15BrO4. The van der Waals surface area contributed by atoms with Gasteiger partial charge in [-0.1, -0.05) is 34.1 Å². The third-order valence-electron chi connectivity index (χ3n) is 3.51. The van der Waals surface area contributed by atoms with Crippen LogP contribution >= 0.6 is 15.9 Å². The van der Waals surface area contributed by atoms with Crippen LogP contribution in [0.3, 0.4) is 0 Å². The van der Waals surface area contributed by atoms with E-state index in [1.54, 1.807) is 20.3 Å². The van der Waals surface area contributed by atoms with Crippen LogP contribution in [-0.4, -0.2) is 19.3 Å². The summed E-state index contributed by atoms with van der Waals surface area (Å²) in [5.74, 6) is 2.40. The molecule has 1 aliphatic heterocycles. The van der Waals surface area contributed by atoms with Crippen LogP contribution in [0.2, 0.25) is 0 Å². The van der Waals surface area contributed by atoms with Crippen molar-refractivity contribution in [3.05, 3.63) is 57.8 Å². The van der Waals surface area contributed by atoms with Gasteiger partial charge in [0, 0.05) is 10.0 Å². The Morgan fingerprint density at radius 1 is 1.14 bits per heavy atom. The molecule has 0 bridgehead atoms. The van der Waals surface area contributed by atoms with Crippen molar-refractivity contribution in [2.45, 2.75) is 6.10 Å². The van der Waals surface area contributed by atoms with E-state index >= 15 is 0 Å². The van der Waals surface area contributed by atoms with E-state index in [1.165, 1.54) is 0 Å². The van der Waals surface area contributed by atoms with Gasteiger partial charge in [-0.15, -0.1) is 0 Å². The van der Waals surface area contributed by atoms with Gasteiger partial charge < -0.3 is 19.3 Å². The zero-order valence-electron chi connectivity index (χ0n) is 12.2. The van der Waals surface area contributed by atoms with E-state index in [0.29, 0.717) is 23.0 Å². The van der Waals surface area contributed by atoms with Crippen molar-refractivity contribution in [2.75, 3.05) is 14.2 Å². The first-order chi connectivity index (χ1) is 10.6. The predicted octanol–water partition coefficient (Wildman–Crippen LogP) is 3.93. The zero-order chi connectivity index (χ0) is 15.7. The minimum atomic E-state index is -0.767. The van der Waals surface area contributed by atoms with E-state index in [9.17, 15) is 5.11 Å². The van der Waals surface area contributed by atoms with Crippen LogP contribution < -0.4 is 14.2 Å². The average Bonchev–Trinajstić information content (AvgIpc) is 2.85. The fourth-order valence-corrected chi connectivity index (χ4v) is 2.81. The molecule has 1 N–H and O–H groups in total. The number of methoxy groups -OCH3 is 2. The highest BCUT2D eigenvalue weighted by Crippen LogP contribution is 2.41. The first-order valence-corrected chi connectivity index (χ1v) is 7.51. The van der Waals surface area contributed by atoms with Crippen molar-refractivity contribution >= 4 is 22.0 Å². The fraction of sp³-hybridized carbons (Fsp3) is 0.176. The van der Waals surface area contributed by atoms with E-state index in [-0.39, 0.29) is 0 Å². The monoisotopic (exact) mass is 362 g/mol.